The molecule has 0 saturated heterocycles. The molecule has 0 aliphatic carbocycles. The summed E-state index contributed by atoms with van der Waals surface area (Å²) in [5.41, 5.74) is -2.39. The molecule has 4 rings (SSSR count). The van der Waals surface area contributed by atoms with E-state index in [0.29, 0.717) is 11.1 Å². The summed E-state index contributed by atoms with van der Waals surface area (Å²) in [6, 6.07) is 9.22. The standard InChI is InChI=1S/C25H20ClF3N2O5/c1-13(18-6-4-14(9-19(18)26)15-8-16(12-30-11-15)22(32)35-3)24(34,25(27,28)29)17-5-7-21-20(10-17)31(2)23(33)36-21/h4-13,34H,1-3H3/t13-,24-/m1/s1. The third-order valence-corrected chi connectivity index (χ3v) is 6.58. The summed E-state index contributed by atoms with van der Waals surface area (Å²) >= 11 is 6.42. The third-order valence-electron chi connectivity index (χ3n) is 6.25. The topological polar surface area (TPSA) is 94.6 Å². The Morgan fingerprint density at radius 1 is 1.14 bits per heavy atom. The molecule has 2 heterocycles. The number of aromatic nitrogens is 2. The Kier molecular flexibility index (Phi) is 6.44. The van der Waals surface area contributed by atoms with Crippen LogP contribution in [0.2, 0.25) is 5.02 Å². The fourth-order valence-electron chi connectivity index (χ4n) is 4.13. The molecule has 0 fully saturated rings. The minimum atomic E-state index is -5.09. The van der Waals surface area contributed by atoms with Gasteiger partial charge in [-0.15, -0.1) is 0 Å². The largest absolute Gasteiger partial charge is 0.465 e. The smallest absolute Gasteiger partial charge is 0.422 e. The summed E-state index contributed by atoms with van der Waals surface area (Å²) in [4.78, 5) is 27.6. The number of rotatable bonds is 5. The van der Waals surface area contributed by atoms with Crippen LogP contribution in [-0.2, 0) is 17.4 Å². The van der Waals surface area contributed by atoms with Gasteiger partial charge in [0.25, 0.3) is 0 Å². The van der Waals surface area contributed by atoms with Crippen molar-refractivity contribution in [1.29, 1.82) is 0 Å². The molecule has 2 atom stereocenters. The van der Waals surface area contributed by atoms with E-state index in [2.05, 4.69) is 9.72 Å². The zero-order valence-corrected chi connectivity index (χ0v) is 20.0. The number of aryl methyl sites for hydroxylation is 1. The molecule has 0 unspecified atom stereocenters. The van der Waals surface area contributed by atoms with Crippen molar-refractivity contribution in [3.63, 3.8) is 0 Å². The number of oxazole rings is 1. The molecule has 0 radical (unpaired) electrons. The number of fused-ring (bicyclic) bond motifs is 1. The van der Waals surface area contributed by atoms with Gasteiger partial charge in [-0.3, -0.25) is 9.55 Å². The van der Waals surface area contributed by atoms with Gasteiger partial charge in [0.15, 0.2) is 11.2 Å². The Labute approximate surface area is 207 Å². The highest BCUT2D eigenvalue weighted by molar-refractivity contribution is 6.31. The summed E-state index contributed by atoms with van der Waals surface area (Å²) in [7, 11) is 2.58. The summed E-state index contributed by atoms with van der Waals surface area (Å²) in [6.07, 6.45) is -2.30. The molecule has 188 valence electrons. The Balaban J connectivity index is 1.79. The van der Waals surface area contributed by atoms with Crippen LogP contribution >= 0.6 is 11.6 Å². The molecule has 7 nitrogen and oxygen atoms in total. The van der Waals surface area contributed by atoms with Crippen molar-refractivity contribution in [3.05, 3.63) is 87.1 Å². The van der Waals surface area contributed by atoms with E-state index in [1.54, 1.807) is 0 Å². The van der Waals surface area contributed by atoms with Gasteiger partial charge in [-0.1, -0.05) is 36.7 Å². The number of hydrogen-bond donors (Lipinski definition) is 1. The van der Waals surface area contributed by atoms with E-state index >= 15 is 0 Å². The Morgan fingerprint density at radius 2 is 1.86 bits per heavy atom. The molecular formula is C25H20ClF3N2O5. The number of hydrogen-bond acceptors (Lipinski definition) is 6. The SMILES string of the molecule is COC(=O)c1cncc(-c2ccc([C@@H](C)[C@@](O)(c3ccc4oc(=O)n(C)c4c3)C(F)(F)F)c(Cl)c2)c1. The summed E-state index contributed by atoms with van der Waals surface area (Å²) < 4.78 is 54.0. The predicted octanol–water partition coefficient (Wildman–Crippen LogP) is 5.19. The van der Waals surface area contributed by atoms with Crippen LogP contribution in [0.25, 0.3) is 22.2 Å². The number of carbonyl (C=O) groups is 1. The van der Waals surface area contributed by atoms with E-state index in [0.717, 1.165) is 16.7 Å². The molecule has 0 amide bonds. The van der Waals surface area contributed by atoms with Crippen molar-refractivity contribution in [3.8, 4) is 11.1 Å². The van der Waals surface area contributed by atoms with E-state index < -0.39 is 35.0 Å². The van der Waals surface area contributed by atoms with Crippen LogP contribution in [0.3, 0.4) is 0 Å². The molecule has 0 spiro atoms. The first-order valence-electron chi connectivity index (χ1n) is 10.6. The number of aliphatic hydroxyl groups is 1. The number of benzene rings is 2. The molecule has 0 aliphatic heterocycles. The monoisotopic (exact) mass is 520 g/mol. The van der Waals surface area contributed by atoms with Gasteiger partial charge in [0.1, 0.15) is 0 Å². The first-order chi connectivity index (χ1) is 16.9. The fourth-order valence-corrected chi connectivity index (χ4v) is 4.48. The maximum Gasteiger partial charge on any atom is 0.422 e. The number of nitrogens with zero attached hydrogens (tertiary/aromatic N) is 2. The van der Waals surface area contributed by atoms with E-state index in [1.807, 2.05) is 0 Å². The number of carbonyl (C=O) groups excluding carboxylic acids is 1. The maximum absolute atomic E-state index is 14.4. The van der Waals surface area contributed by atoms with Crippen molar-refractivity contribution in [1.82, 2.24) is 9.55 Å². The molecule has 0 aliphatic rings. The normalized spacial score (nSPS) is 14.4. The number of alkyl halides is 3. The Hall–Kier alpha value is -3.63. The number of halogens is 4. The summed E-state index contributed by atoms with van der Waals surface area (Å²) in [6.45, 7) is 1.21. The Morgan fingerprint density at radius 3 is 2.50 bits per heavy atom. The number of pyridine rings is 1. The Bertz CT molecular complexity index is 1530. The van der Waals surface area contributed by atoms with E-state index in [-0.39, 0.29) is 27.2 Å². The molecule has 4 aromatic rings. The van der Waals surface area contributed by atoms with Crippen LogP contribution in [0.15, 0.2) is 64.1 Å². The molecular weight excluding hydrogens is 501 g/mol. The van der Waals surface area contributed by atoms with Crippen molar-refractivity contribution in [2.24, 2.45) is 7.05 Å². The van der Waals surface area contributed by atoms with Crippen molar-refractivity contribution >= 4 is 28.7 Å². The lowest BCUT2D eigenvalue weighted by Gasteiger charge is -2.37. The van der Waals surface area contributed by atoms with Crippen molar-refractivity contribution in [2.45, 2.75) is 24.6 Å². The van der Waals surface area contributed by atoms with Crippen LogP contribution in [0.5, 0.6) is 0 Å². The minimum absolute atomic E-state index is 0.0251. The van der Waals surface area contributed by atoms with Crippen LogP contribution in [0.4, 0.5) is 13.2 Å². The van der Waals surface area contributed by atoms with Crippen LogP contribution < -0.4 is 5.76 Å². The number of esters is 1. The zero-order valence-electron chi connectivity index (χ0n) is 19.3. The molecule has 2 aromatic heterocycles. The predicted molar refractivity (Wildman–Crippen MR) is 126 cm³/mol. The molecule has 1 N–H and O–H groups in total. The highest BCUT2D eigenvalue weighted by Gasteiger charge is 2.59. The molecule has 11 heteroatoms. The van der Waals surface area contributed by atoms with Gasteiger partial charge in [0.2, 0.25) is 0 Å². The average molecular weight is 521 g/mol. The van der Waals surface area contributed by atoms with E-state index in [4.69, 9.17) is 16.0 Å². The lowest BCUT2D eigenvalue weighted by molar-refractivity contribution is -0.274. The maximum atomic E-state index is 14.4. The van der Waals surface area contributed by atoms with Crippen LogP contribution in [0.1, 0.15) is 34.3 Å². The molecule has 0 saturated carbocycles. The lowest BCUT2D eigenvalue weighted by atomic mass is 9.77. The number of ether oxygens (including phenoxy) is 1. The summed E-state index contributed by atoms with van der Waals surface area (Å²) in [5, 5.41) is 11.1. The molecule has 2 aromatic carbocycles. The fraction of sp³-hybridized carbons (Fsp3) is 0.240. The molecule has 36 heavy (non-hydrogen) atoms. The quantitative estimate of drug-likeness (QED) is 0.364. The van der Waals surface area contributed by atoms with Crippen molar-refractivity contribution < 1.29 is 32.2 Å². The van der Waals surface area contributed by atoms with Gasteiger partial charge >= 0.3 is 17.9 Å². The second-order valence-electron chi connectivity index (χ2n) is 8.29. The highest BCUT2D eigenvalue weighted by atomic mass is 35.5. The first kappa shape index (κ1) is 25.5. The van der Waals surface area contributed by atoms with Gasteiger partial charge in [-0.25, -0.2) is 9.59 Å². The molecule has 0 bridgehead atoms. The third kappa shape index (κ3) is 4.16. The lowest BCUT2D eigenvalue weighted by Crippen LogP contribution is -2.46. The van der Waals surface area contributed by atoms with E-state index in [1.165, 1.54) is 63.8 Å². The summed E-state index contributed by atoms with van der Waals surface area (Å²) in [5.74, 6) is -2.88. The average Bonchev–Trinajstić information content (AvgIpc) is 3.14. The first-order valence-corrected chi connectivity index (χ1v) is 11.0. The highest BCUT2D eigenvalue weighted by Crippen LogP contribution is 2.50. The van der Waals surface area contributed by atoms with Gasteiger partial charge in [-0.05, 0) is 41.0 Å². The van der Waals surface area contributed by atoms with Gasteiger partial charge in [0.05, 0.1) is 18.2 Å². The second kappa shape index (κ2) is 9.11. The zero-order chi connectivity index (χ0) is 26.4. The van der Waals surface area contributed by atoms with Crippen LogP contribution in [0, 0.1) is 0 Å². The minimum Gasteiger partial charge on any atom is -0.465 e. The van der Waals surface area contributed by atoms with Gasteiger partial charge < -0.3 is 14.3 Å². The number of methoxy groups -OCH3 is 1. The van der Waals surface area contributed by atoms with Crippen LogP contribution in [-0.4, -0.2) is 33.9 Å². The van der Waals surface area contributed by atoms with E-state index in [9.17, 15) is 27.9 Å². The van der Waals surface area contributed by atoms with Crippen molar-refractivity contribution in [2.75, 3.05) is 7.11 Å². The van der Waals surface area contributed by atoms with Gasteiger partial charge in [0, 0.05) is 35.9 Å². The second-order valence-corrected chi connectivity index (χ2v) is 8.69. The van der Waals surface area contributed by atoms with Gasteiger partial charge in [-0.2, -0.15) is 13.2 Å².